The lowest BCUT2D eigenvalue weighted by molar-refractivity contribution is 0.431. The molecular weight excluding hydrogens is 222 g/mol. The highest BCUT2D eigenvalue weighted by Gasteiger charge is 2.32. The van der Waals surface area contributed by atoms with Crippen LogP contribution in [0, 0.1) is 0 Å². The number of hydrogen-bond donors (Lipinski definition) is 2. The van der Waals surface area contributed by atoms with Crippen molar-refractivity contribution in [3.05, 3.63) is 47.3 Å². The van der Waals surface area contributed by atoms with Crippen LogP contribution >= 0.6 is 11.6 Å². The first-order chi connectivity index (χ1) is 7.62. The van der Waals surface area contributed by atoms with Gasteiger partial charge >= 0.3 is 0 Å². The summed E-state index contributed by atoms with van der Waals surface area (Å²) in [5.74, 6) is 0.0832. The third kappa shape index (κ3) is 2.10. The minimum Gasteiger partial charge on any atom is -0.352 e. The topological polar surface area (TPSA) is 50.4 Å². The Morgan fingerprint density at radius 1 is 1.38 bits per heavy atom. The summed E-state index contributed by atoms with van der Waals surface area (Å²) in [6.07, 6.45) is 3.24. The van der Waals surface area contributed by atoms with Crippen LogP contribution in [0.25, 0.3) is 0 Å². The lowest BCUT2D eigenvalue weighted by Gasteiger charge is -2.35. The van der Waals surface area contributed by atoms with E-state index >= 15 is 0 Å². The van der Waals surface area contributed by atoms with Crippen LogP contribution in [0.5, 0.6) is 0 Å². The fourth-order valence-electron chi connectivity index (χ4n) is 1.73. The fourth-order valence-corrected chi connectivity index (χ4v) is 1.95. The van der Waals surface area contributed by atoms with E-state index in [1.165, 1.54) is 0 Å². The Morgan fingerprint density at radius 2 is 2.06 bits per heavy atom. The molecule has 1 aliphatic heterocycles. The molecule has 3 N–H and O–H groups in total. The highest BCUT2D eigenvalue weighted by molar-refractivity contribution is 6.29. The minimum atomic E-state index is -0.729. The van der Waals surface area contributed by atoms with Gasteiger partial charge in [0.25, 0.3) is 0 Å². The summed E-state index contributed by atoms with van der Waals surface area (Å²) >= 11 is 5.89. The van der Waals surface area contributed by atoms with Crippen molar-refractivity contribution < 1.29 is 0 Å². The van der Waals surface area contributed by atoms with Crippen LogP contribution in [0.4, 0.5) is 0 Å². The number of rotatable bonds is 2. The molecule has 0 saturated heterocycles. The minimum absolute atomic E-state index is 0.0832. The van der Waals surface area contributed by atoms with E-state index in [1.807, 2.05) is 37.3 Å². The smallest absolute Gasteiger partial charge is 0.130 e. The molecule has 4 heteroatoms. The zero-order valence-electron chi connectivity index (χ0n) is 9.02. The maximum atomic E-state index is 6.24. The van der Waals surface area contributed by atoms with Gasteiger partial charge < -0.3 is 11.1 Å². The van der Waals surface area contributed by atoms with Gasteiger partial charge in [-0.3, -0.25) is 4.99 Å². The quantitative estimate of drug-likeness (QED) is 0.772. The second kappa shape index (κ2) is 4.28. The molecule has 0 fully saturated rings. The largest absolute Gasteiger partial charge is 0.352 e. The molecule has 2 atom stereocenters. The summed E-state index contributed by atoms with van der Waals surface area (Å²) < 4.78 is 0. The van der Waals surface area contributed by atoms with Crippen molar-refractivity contribution in [3.8, 4) is 0 Å². The van der Waals surface area contributed by atoms with Crippen LogP contribution in [-0.2, 0) is 0 Å². The summed E-state index contributed by atoms with van der Waals surface area (Å²) in [5.41, 5.74) is 6.66. The molecule has 0 radical (unpaired) electrons. The summed E-state index contributed by atoms with van der Waals surface area (Å²) in [7, 11) is 0. The molecule has 16 heavy (non-hydrogen) atoms. The van der Waals surface area contributed by atoms with Crippen molar-refractivity contribution in [2.24, 2.45) is 10.7 Å². The number of aliphatic imine (C=N–C) groups is 1. The van der Waals surface area contributed by atoms with Crippen molar-refractivity contribution in [2.75, 3.05) is 0 Å². The maximum Gasteiger partial charge on any atom is 0.130 e. The van der Waals surface area contributed by atoms with Crippen molar-refractivity contribution in [3.63, 3.8) is 0 Å². The number of halogens is 1. The van der Waals surface area contributed by atoms with E-state index < -0.39 is 5.66 Å². The van der Waals surface area contributed by atoms with Gasteiger partial charge in [-0.25, -0.2) is 0 Å². The average Bonchev–Trinajstić information content (AvgIpc) is 2.29. The highest BCUT2D eigenvalue weighted by atomic mass is 35.5. The van der Waals surface area contributed by atoms with Gasteiger partial charge in [0.2, 0.25) is 0 Å². The summed E-state index contributed by atoms with van der Waals surface area (Å²) in [5, 5.41) is 3.51. The lowest BCUT2D eigenvalue weighted by Crippen LogP contribution is -2.58. The molecule has 84 valence electrons. The molecule has 1 aromatic carbocycles. The van der Waals surface area contributed by atoms with E-state index in [1.54, 1.807) is 12.4 Å². The molecule has 0 saturated carbocycles. The number of nitrogens with one attached hydrogen (secondary N) is 1. The molecule has 0 aromatic heterocycles. The number of hydrogen-bond acceptors (Lipinski definition) is 3. The molecule has 1 unspecified atom stereocenters. The molecule has 1 aromatic rings. The highest BCUT2D eigenvalue weighted by Crippen LogP contribution is 2.25. The predicted molar refractivity (Wildman–Crippen MR) is 67.3 cm³/mol. The molecule has 0 amide bonds. The standard InChI is InChI=1S/C12H14ClN3/c1-9(10-5-3-2-4-6-10)12(14)8-15-7-11(13)16-12/h2-9,16H,14H2,1H3/t9-,12?/m0/s1. The van der Waals surface area contributed by atoms with Gasteiger partial charge in [-0.05, 0) is 5.56 Å². The predicted octanol–water partition coefficient (Wildman–Crippen LogP) is 2.16. The monoisotopic (exact) mass is 235 g/mol. The van der Waals surface area contributed by atoms with Crippen LogP contribution in [-0.4, -0.2) is 11.9 Å². The number of benzene rings is 1. The molecular formula is C12H14ClN3. The van der Waals surface area contributed by atoms with Gasteiger partial charge in [-0.2, -0.15) is 0 Å². The fraction of sp³-hybridized carbons (Fsp3) is 0.250. The Balaban J connectivity index is 2.26. The van der Waals surface area contributed by atoms with Crippen molar-refractivity contribution in [1.29, 1.82) is 0 Å². The Bertz CT molecular complexity index is 427. The first-order valence-electron chi connectivity index (χ1n) is 5.14. The molecule has 0 spiro atoms. The van der Waals surface area contributed by atoms with Crippen LogP contribution in [0.3, 0.4) is 0 Å². The summed E-state index contributed by atoms with van der Waals surface area (Å²) in [6, 6.07) is 10.1. The Morgan fingerprint density at radius 3 is 2.69 bits per heavy atom. The van der Waals surface area contributed by atoms with Crippen LogP contribution < -0.4 is 11.1 Å². The third-order valence-electron chi connectivity index (χ3n) is 2.83. The van der Waals surface area contributed by atoms with Gasteiger partial charge in [0.15, 0.2) is 0 Å². The lowest BCUT2D eigenvalue weighted by atomic mass is 9.88. The van der Waals surface area contributed by atoms with E-state index in [-0.39, 0.29) is 5.92 Å². The summed E-state index contributed by atoms with van der Waals surface area (Å²) in [4.78, 5) is 4.05. The number of nitrogens with zero attached hydrogens (tertiary/aromatic N) is 1. The third-order valence-corrected chi connectivity index (χ3v) is 3.02. The zero-order chi connectivity index (χ0) is 11.6. The normalized spacial score (nSPS) is 25.8. The van der Waals surface area contributed by atoms with Gasteiger partial charge in [0, 0.05) is 12.1 Å². The van der Waals surface area contributed by atoms with Crippen molar-refractivity contribution in [1.82, 2.24) is 5.32 Å². The maximum absolute atomic E-state index is 6.24. The van der Waals surface area contributed by atoms with Crippen molar-refractivity contribution >= 4 is 17.8 Å². The van der Waals surface area contributed by atoms with Gasteiger partial charge in [-0.15, -0.1) is 0 Å². The Labute approximate surface area is 100 Å². The second-order valence-electron chi connectivity index (χ2n) is 3.95. The summed E-state index contributed by atoms with van der Waals surface area (Å²) in [6.45, 7) is 2.05. The van der Waals surface area contributed by atoms with Crippen LogP contribution in [0.2, 0.25) is 0 Å². The van der Waals surface area contributed by atoms with E-state index in [9.17, 15) is 0 Å². The number of nitrogens with two attached hydrogens (primary N) is 1. The zero-order valence-corrected chi connectivity index (χ0v) is 9.78. The Hall–Kier alpha value is -1.32. The Kier molecular flexibility index (Phi) is 2.99. The van der Waals surface area contributed by atoms with E-state index in [0.717, 1.165) is 5.56 Å². The molecule has 3 nitrogen and oxygen atoms in total. The average molecular weight is 236 g/mol. The van der Waals surface area contributed by atoms with Gasteiger partial charge in [-0.1, -0.05) is 48.9 Å². The first-order valence-corrected chi connectivity index (χ1v) is 5.51. The SMILES string of the molecule is C[C@@H](c1ccccc1)C1(N)C=NC=C(Cl)N1. The molecule has 0 aliphatic carbocycles. The molecule has 1 aliphatic rings. The van der Waals surface area contributed by atoms with Gasteiger partial charge in [0.1, 0.15) is 10.8 Å². The molecule has 2 rings (SSSR count). The van der Waals surface area contributed by atoms with Crippen LogP contribution in [0.15, 0.2) is 46.7 Å². The van der Waals surface area contributed by atoms with E-state index in [0.29, 0.717) is 5.16 Å². The van der Waals surface area contributed by atoms with Crippen LogP contribution in [0.1, 0.15) is 18.4 Å². The first kappa shape index (κ1) is 11.2. The molecule has 1 heterocycles. The van der Waals surface area contributed by atoms with E-state index in [2.05, 4.69) is 10.3 Å². The second-order valence-corrected chi connectivity index (χ2v) is 4.35. The molecule has 0 bridgehead atoms. The van der Waals surface area contributed by atoms with Crippen molar-refractivity contribution in [2.45, 2.75) is 18.5 Å². The van der Waals surface area contributed by atoms with Gasteiger partial charge in [0.05, 0.1) is 6.20 Å². The van der Waals surface area contributed by atoms with E-state index in [4.69, 9.17) is 17.3 Å².